The van der Waals surface area contributed by atoms with Gasteiger partial charge in [0.15, 0.2) is 0 Å². The monoisotopic (exact) mass is 292 g/mol. The zero-order valence-electron chi connectivity index (χ0n) is 13.9. The van der Waals surface area contributed by atoms with Crippen LogP contribution in [0.3, 0.4) is 0 Å². The van der Waals surface area contributed by atoms with Crippen LogP contribution >= 0.6 is 0 Å². The normalized spacial score (nSPS) is 46.0. The van der Waals surface area contributed by atoms with Gasteiger partial charge in [-0.25, -0.2) is 0 Å². The highest BCUT2D eigenvalue weighted by atomic mass is 16.3. The standard InChI is InChI=1S/C19H32O2/c1-18(2)9-4-10-19(3)15-7-5-13(12-20)11-16(21)14(15)6-8-17(18)19/h5,14-17,20-21H,4,6-12H2,1-3H3/t14-,15-,16-,17?,19+/m0/s1. The fourth-order valence-corrected chi connectivity index (χ4v) is 6.21. The SMILES string of the molecule is CC1(C)CCC[C@@]2(C)C1CC[C@@H]1[C@@H](O)CC(CO)=CC[C@@H]12. The van der Waals surface area contributed by atoms with E-state index in [-0.39, 0.29) is 12.7 Å². The third-order valence-electron chi connectivity index (χ3n) is 7.26. The van der Waals surface area contributed by atoms with Crippen LogP contribution in [-0.2, 0) is 0 Å². The minimum atomic E-state index is -0.251. The Hall–Kier alpha value is -0.340. The molecular formula is C19H32O2. The summed E-state index contributed by atoms with van der Waals surface area (Å²) in [5.74, 6) is 1.81. The van der Waals surface area contributed by atoms with E-state index in [1.165, 1.54) is 32.1 Å². The van der Waals surface area contributed by atoms with Crippen molar-refractivity contribution in [1.29, 1.82) is 0 Å². The molecule has 0 aromatic heterocycles. The average Bonchev–Trinajstić information content (AvgIpc) is 2.58. The summed E-state index contributed by atoms with van der Waals surface area (Å²) in [6.45, 7) is 7.52. The van der Waals surface area contributed by atoms with E-state index in [0.29, 0.717) is 29.1 Å². The molecule has 0 aromatic carbocycles. The van der Waals surface area contributed by atoms with Crippen molar-refractivity contribution in [2.45, 2.75) is 71.8 Å². The van der Waals surface area contributed by atoms with Crippen LogP contribution in [-0.4, -0.2) is 22.9 Å². The Morgan fingerprint density at radius 2 is 1.95 bits per heavy atom. The highest BCUT2D eigenvalue weighted by Gasteiger charge is 2.55. The average molecular weight is 292 g/mol. The summed E-state index contributed by atoms with van der Waals surface area (Å²) in [6.07, 6.45) is 10.2. The van der Waals surface area contributed by atoms with E-state index in [1.54, 1.807) is 0 Å². The summed E-state index contributed by atoms with van der Waals surface area (Å²) in [7, 11) is 0. The van der Waals surface area contributed by atoms with E-state index >= 15 is 0 Å². The highest BCUT2D eigenvalue weighted by molar-refractivity contribution is 5.13. The first-order chi connectivity index (χ1) is 9.88. The van der Waals surface area contributed by atoms with E-state index < -0.39 is 0 Å². The molecule has 2 saturated carbocycles. The fourth-order valence-electron chi connectivity index (χ4n) is 6.21. The molecular weight excluding hydrogens is 260 g/mol. The largest absolute Gasteiger partial charge is 0.392 e. The molecule has 0 saturated heterocycles. The zero-order valence-corrected chi connectivity index (χ0v) is 13.9. The minimum absolute atomic E-state index is 0.113. The molecule has 2 nitrogen and oxygen atoms in total. The second kappa shape index (κ2) is 5.38. The lowest BCUT2D eigenvalue weighted by Gasteiger charge is -2.59. The quantitative estimate of drug-likeness (QED) is 0.719. The zero-order chi connectivity index (χ0) is 15.3. The van der Waals surface area contributed by atoms with Gasteiger partial charge in [0.05, 0.1) is 12.7 Å². The molecule has 3 aliphatic carbocycles. The first-order valence-corrected chi connectivity index (χ1v) is 8.85. The first-order valence-electron chi connectivity index (χ1n) is 8.85. The third-order valence-corrected chi connectivity index (χ3v) is 7.26. The molecule has 3 aliphatic rings. The van der Waals surface area contributed by atoms with Crippen LogP contribution in [0.15, 0.2) is 11.6 Å². The minimum Gasteiger partial charge on any atom is -0.392 e. The topological polar surface area (TPSA) is 40.5 Å². The summed E-state index contributed by atoms with van der Waals surface area (Å²) in [4.78, 5) is 0. The Kier molecular flexibility index (Phi) is 3.99. The number of fused-ring (bicyclic) bond motifs is 3. The summed E-state index contributed by atoms with van der Waals surface area (Å²) < 4.78 is 0. The molecule has 0 amide bonds. The van der Waals surface area contributed by atoms with Crippen molar-refractivity contribution >= 4 is 0 Å². The molecule has 120 valence electrons. The van der Waals surface area contributed by atoms with Gasteiger partial charge in [0.25, 0.3) is 0 Å². The summed E-state index contributed by atoms with van der Waals surface area (Å²) in [6, 6.07) is 0. The van der Waals surface area contributed by atoms with Gasteiger partial charge in [-0.2, -0.15) is 0 Å². The number of allylic oxidation sites excluding steroid dienone is 1. The fraction of sp³-hybridized carbons (Fsp3) is 0.895. The van der Waals surface area contributed by atoms with E-state index in [1.807, 2.05) is 0 Å². The van der Waals surface area contributed by atoms with Gasteiger partial charge >= 0.3 is 0 Å². The van der Waals surface area contributed by atoms with Gasteiger partial charge < -0.3 is 10.2 Å². The Labute approximate surface area is 129 Å². The second-order valence-electron chi connectivity index (χ2n) is 8.78. The molecule has 21 heavy (non-hydrogen) atoms. The number of aliphatic hydroxyl groups is 2. The molecule has 0 spiro atoms. The maximum absolute atomic E-state index is 10.7. The lowest BCUT2D eigenvalue weighted by atomic mass is 9.45. The number of hydrogen-bond acceptors (Lipinski definition) is 2. The van der Waals surface area contributed by atoms with Crippen LogP contribution in [0.2, 0.25) is 0 Å². The Morgan fingerprint density at radius 1 is 1.19 bits per heavy atom. The molecule has 2 fully saturated rings. The predicted octanol–water partition coefficient (Wildman–Crippen LogP) is 3.92. The molecule has 2 heteroatoms. The maximum Gasteiger partial charge on any atom is 0.0642 e. The van der Waals surface area contributed by atoms with Gasteiger partial charge in [0.2, 0.25) is 0 Å². The van der Waals surface area contributed by atoms with Gasteiger partial charge in [-0.15, -0.1) is 0 Å². The van der Waals surface area contributed by atoms with Crippen LogP contribution in [0, 0.1) is 28.6 Å². The number of aliphatic hydroxyl groups excluding tert-OH is 2. The van der Waals surface area contributed by atoms with Crippen molar-refractivity contribution in [3.63, 3.8) is 0 Å². The molecule has 3 rings (SSSR count). The van der Waals surface area contributed by atoms with Gasteiger partial charge in [-0.05, 0) is 72.7 Å². The lowest BCUT2D eigenvalue weighted by molar-refractivity contribution is -0.118. The number of hydrogen-bond donors (Lipinski definition) is 2. The Bertz CT molecular complexity index is 425. The molecule has 0 bridgehead atoms. The van der Waals surface area contributed by atoms with Gasteiger partial charge in [0, 0.05) is 0 Å². The van der Waals surface area contributed by atoms with Gasteiger partial charge in [-0.3, -0.25) is 0 Å². The Balaban J connectivity index is 1.94. The van der Waals surface area contributed by atoms with Gasteiger partial charge in [0.1, 0.15) is 0 Å². The molecule has 1 unspecified atom stereocenters. The van der Waals surface area contributed by atoms with Crippen LogP contribution < -0.4 is 0 Å². The van der Waals surface area contributed by atoms with Crippen molar-refractivity contribution in [3.05, 3.63) is 11.6 Å². The van der Waals surface area contributed by atoms with Crippen LogP contribution in [0.4, 0.5) is 0 Å². The first kappa shape index (κ1) is 15.6. The van der Waals surface area contributed by atoms with Crippen LogP contribution in [0.5, 0.6) is 0 Å². The van der Waals surface area contributed by atoms with Crippen molar-refractivity contribution in [3.8, 4) is 0 Å². The van der Waals surface area contributed by atoms with E-state index in [4.69, 9.17) is 0 Å². The smallest absolute Gasteiger partial charge is 0.0642 e. The van der Waals surface area contributed by atoms with Crippen LogP contribution in [0.25, 0.3) is 0 Å². The predicted molar refractivity (Wildman–Crippen MR) is 85.9 cm³/mol. The molecule has 5 atom stereocenters. The molecule has 0 radical (unpaired) electrons. The number of rotatable bonds is 1. The highest BCUT2D eigenvalue weighted by Crippen LogP contribution is 2.63. The Morgan fingerprint density at radius 3 is 2.67 bits per heavy atom. The van der Waals surface area contributed by atoms with E-state index in [2.05, 4.69) is 26.8 Å². The summed E-state index contributed by atoms with van der Waals surface area (Å²) >= 11 is 0. The maximum atomic E-state index is 10.7. The summed E-state index contributed by atoms with van der Waals surface area (Å²) in [5, 5.41) is 20.1. The van der Waals surface area contributed by atoms with Crippen LogP contribution in [0.1, 0.15) is 65.7 Å². The van der Waals surface area contributed by atoms with Crippen molar-refractivity contribution < 1.29 is 10.2 Å². The van der Waals surface area contributed by atoms with Crippen molar-refractivity contribution in [2.24, 2.45) is 28.6 Å². The third kappa shape index (κ3) is 2.49. The summed E-state index contributed by atoms with van der Waals surface area (Å²) in [5.41, 5.74) is 1.86. The molecule has 0 aromatic rings. The van der Waals surface area contributed by atoms with Crippen molar-refractivity contribution in [2.75, 3.05) is 6.61 Å². The van der Waals surface area contributed by atoms with Crippen molar-refractivity contribution in [1.82, 2.24) is 0 Å². The van der Waals surface area contributed by atoms with E-state index in [9.17, 15) is 10.2 Å². The molecule has 0 heterocycles. The van der Waals surface area contributed by atoms with Gasteiger partial charge in [-0.1, -0.05) is 33.3 Å². The lowest BCUT2D eigenvalue weighted by Crippen LogP contribution is -2.53. The van der Waals surface area contributed by atoms with E-state index in [0.717, 1.165) is 17.9 Å². The molecule has 0 aliphatic heterocycles. The molecule has 2 N–H and O–H groups in total. The second-order valence-corrected chi connectivity index (χ2v) is 8.78.